The van der Waals surface area contributed by atoms with Crippen LogP contribution < -0.4 is 20.4 Å². The number of pyridine rings is 4. The summed E-state index contributed by atoms with van der Waals surface area (Å²) in [6.45, 7) is 0.894. The zero-order chi connectivity index (χ0) is 46.7. The lowest BCUT2D eigenvalue weighted by Crippen LogP contribution is -2.31. The highest BCUT2D eigenvalue weighted by Crippen LogP contribution is 2.34. The number of ether oxygens (including phenoxy) is 1. The minimum Gasteiger partial charge on any atom is -0.356 e. The van der Waals surface area contributed by atoms with Gasteiger partial charge in [0.1, 0.15) is 23.0 Å². The van der Waals surface area contributed by atoms with Crippen LogP contribution in [0, 0.1) is 11.9 Å². The summed E-state index contributed by atoms with van der Waals surface area (Å²) in [7, 11) is 3.65. The Bertz CT molecular complexity index is 3140. The van der Waals surface area contributed by atoms with Gasteiger partial charge in [0.15, 0.2) is 17.9 Å². The van der Waals surface area contributed by atoms with E-state index in [2.05, 4.69) is 45.9 Å². The smallest absolute Gasteiger partial charge is 0.243 e. The van der Waals surface area contributed by atoms with Crippen molar-refractivity contribution >= 4 is 56.6 Å². The van der Waals surface area contributed by atoms with Crippen LogP contribution in [-0.2, 0) is 40.0 Å². The molecule has 0 radical (unpaired) electrons. The molecule has 1 atom stereocenters. The predicted octanol–water partition coefficient (Wildman–Crippen LogP) is 6.20. The summed E-state index contributed by atoms with van der Waals surface area (Å²) in [5.41, 5.74) is 8.04. The van der Waals surface area contributed by atoms with Crippen molar-refractivity contribution in [2.75, 3.05) is 54.2 Å². The first-order valence-corrected chi connectivity index (χ1v) is 22.4. The maximum absolute atomic E-state index is 13.1. The van der Waals surface area contributed by atoms with Gasteiger partial charge >= 0.3 is 0 Å². The van der Waals surface area contributed by atoms with Gasteiger partial charge in [0.25, 0.3) is 0 Å². The van der Waals surface area contributed by atoms with Crippen molar-refractivity contribution in [2.45, 2.75) is 64.0 Å². The van der Waals surface area contributed by atoms with Crippen LogP contribution >= 0.6 is 0 Å². The van der Waals surface area contributed by atoms with E-state index in [4.69, 9.17) is 24.7 Å². The number of carbonyl (C=O) groups excluding carboxylic acids is 2. The Hall–Kier alpha value is -7.94. The van der Waals surface area contributed by atoms with Crippen LogP contribution in [-0.4, -0.2) is 105 Å². The maximum Gasteiger partial charge on any atom is 0.243 e. The number of hydrogen-bond donors (Lipinski definition) is 3. The highest BCUT2D eigenvalue weighted by Gasteiger charge is 2.26. The van der Waals surface area contributed by atoms with E-state index >= 15 is 0 Å². The van der Waals surface area contributed by atoms with Crippen molar-refractivity contribution in [3.63, 3.8) is 0 Å². The summed E-state index contributed by atoms with van der Waals surface area (Å²) in [5, 5.41) is 18.8. The Morgan fingerprint density at radius 1 is 0.691 bits per heavy atom. The molecule has 2 amide bonds. The second kappa shape index (κ2) is 19.1. The third-order valence-electron chi connectivity index (χ3n) is 12.0. The molecule has 1 unspecified atom stereocenters. The van der Waals surface area contributed by atoms with E-state index in [1.165, 1.54) is 36.7 Å². The van der Waals surface area contributed by atoms with E-state index in [9.17, 15) is 18.4 Å². The van der Waals surface area contributed by atoms with E-state index in [0.29, 0.717) is 34.4 Å². The first-order chi connectivity index (χ1) is 33.1. The number of H-pyrrole nitrogens is 1. The molecule has 0 bridgehead atoms. The predicted molar refractivity (Wildman–Crippen MR) is 249 cm³/mol. The quantitative estimate of drug-likeness (QED) is 0.123. The normalized spacial score (nSPS) is 15.1. The van der Waals surface area contributed by atoms with E-state index in [-0.39, 0.29) is 31.1 Å². The molecule has 19 nitrogen and oxygen atoms in total. The molecule has 0 aromatic carbocycles. The zero-order valence-corrected chi connectivity index (χ0v) is 37.3. The molecule has 68 heavy (non-hydrogen) atoms. The molecule has 3 aliphatic rings. The molecule has 1 saturated heterocycles. The number of fused-ring (bicyclic) bond motifs is 4. The number of rotatable bonds is 11. The fourth-order valence-electron chi connectivity index (χ4n) is 8.75. The molecule has 0 saturated carbocycles. The number of carbonyl (C=O) groups is 2. The second-order valence-corrected chi connectivity index (χ2v) is 16.9. The molecule has 21 heteroatoms. The topological polar surface area (TPSA) is 224 Å². The number of nitrogens with one attached hydrogen (secondary N) is 3. The van der Waals surface area contributed by atoms with Crippen molar-refractivity contribution in [1.82, 2.24) is 59.8 Å². The summed E-state index contributed by atoms with van der Waals surface area (Å²) < 4.78 is 33.9. The van der Waals surface area contributed by atoms with E-state index in [1.54, 1.807) is 23.5 Å². The number of aromatic nitrogens is 12. The average molecular weight is 921 g/mol. The molecule has 9 heterocycles. The fraction of sp³-hybridized carbons (Fsp3) is 0.319. The van der Waals surface area contributed by atoms with Crippen LogP contribution in [0.15, 0.2) is 73.6 Å². The number of anilines is 4. The summed E-state index contributed by atoms with van der Waals surface area (Å²) in [6, 6.07) is 9.21. The van der Waals surface area contributed by atoms with Gasteiger partial charge in [0, 0.05) is 54.0 Å². The molecule has 346 valence electrons. The molecule has 3 N–H and O–H groups in total. The van der Waals surface area contributed by atoms with Gasteiger partial charge in [-0.25, -0.2) is 34.6 Å². The van der Waals surface area contributed by atoms with Crippen LogP contribution in [0.1, 0.15) is 60.8 Å². The molecule has 8 aromatic rings. The minimum atomic E-state index is -0.597. The van der Waals surface area contributed by atoms with Crippen LogP contribution in [0.25, 0.3) is 44.8 Å². The third-order valence-corrected chi connectivity index (χ3v) is 12.0. The molecule has 2 aliphatic carbocycles. The van der Waals surface area contributed by atoms with Gasteiger partial charge in [-0.15, -0.1) is 0 Å². The van der Waals surface area contributed by atoms with E-state index in [1.807, 2.05) is 42.0 Å². The number of aromatic amines is 1. The largest absolute Gasteiger partial charge is 0.356 e. The van der Waals surface area contributed by atoms with Crippen LogP contribution in [0.2, 0.25) is 0 Å². The molecule has 1 fully saturated rings. The first kappa shape index (κ1) is 43.9. The summed E-state index contributed by atoms with van der Waals surface area (Å²) in [4.78, 5) is 64.2. The standard InChI is InChI=1S/C26H27FN8O2.C21H19FN8O/c1-34(15-23(36)31-17-8-9-22(27)29-13-17)26-18-5-4-6-19(18)32-25(33-26)20-11-16-12-30-35(21(16)14-28-20)24-7-2-3-10-37-24;1-30(11-19(31)26-13-5-6-18(22)24-9-13)21-14-3-2-4-15(14)27-20(28-21)16-7-12-8-25-29-17(12)10-23-16/h8-9,11-14,24H,2-7,10,15H2,1H3,(H,31,36);5-10H,2-4,11H2,1H3,(H,25,29)(H,26,31). The monoisotopic (exact) mass is 920 g/mol. The van der Waals surface area contributed by atoms with Gasteiger partial charge in [-0.3, -0.25) is 24.7 Å². The molecule has 1 aliphatic heterocycles. The molecular formula is C47H46F2N16O3. The second-order valence-electron chi connectivity index (χ2n) is 16.9. The van der Waals surface area contributed by atoms with Crippen LogP contribution in [0.4, 0.5) is 31.8 Å². The number of hydrogen-bond acceptors (Lipinski definition) is 15. The van der Waals surface area contributed by atoms with Crippen molar-refractivity contribution < 1.29 is 23.1 Å². The van der Waals surface area contributed by atoms with Gasteiger partial charge in [0.2, 0.25) is 23.7 Å². The maximum atomic E-state index is 13.1. The van der Waals surface area contributed by atoms with Gasteiger partial charge < -0.3 is 25.2 Å². The van der Waals surface area contributed by atoms with Gasteiger partial charge in [-0.2, -0.15) is 19.0 Å². The first-order valence-electron chi connectivity index (χ1n) is 22.4. The fourth-order valence-corrected chi connectivity index (χ4v) is 8.75. The molecule has 8 aromatic heterocycles. The lowest BCUT2D eigenvalue weighted by Gasteiger charge is -2.23. The lowest BCUT2D eigenvalue weighted by atomic mass is 10.2. The highest BCUT2D eigenvalue weighted by atomic mass is 19.1. The Balaban J connectivity index is 0.000000161. The Morgan fingerprint density at radius 2 is 1.28 bits per heavy atom. The Morgan fingerprint density at radius 3 is 1.84 bits per heavy atom. The van der Waals surface area contributed by atoms with Crippen molar-refractivity contribution in [3.05, 3.63) is 108 Å². The molecule has 0 spiro atoms. The van der Waals surface area contributed by atoms with Gasteiger partial charge in [-0.1, -0.05) is 0 Å². The van der Waals surface area contributed by atoms with Crippen molar-refractivity contribution in [3.8, 4) is 23.0 Å². The molecular weight excluding hydrogens is 875 g/mol. The summed E-state index contributed by atoms with van der Waals surface area (Å²) in [5.74, 6) is 0.794. The summed E-state index contributed by atoms with van der Waals surface area (Å²) in [6.07, 6.45) is 18.2. The van der Waals surface area contributed by atoms with Crippen LogP contribution in [0.5, 0.6) is 0 Å². The number of halogens is 2. The minimum absolute atomic E-state index is 0.0627. The number of nitrogens with zero attached hydrogens (tertiary/aromatic N) is 13. The SMILES string of the molecule is CN(CC(=O)Nc1ccc(F)nc1)c1nc(-c2cc3cn[nH]c3cn2)nc2c1CCC2.CN(CC(=O)Nc1ccc(F)nc1)c1nc(-c2cc3cnn(C4CCCCO4)c3cn2)nc2c1CCC2. The average Bonchev–Trinajstić information content (AvgIpc) is 4.20. The zero-order valence-electron chi connectivity index (χ0n) is 37.3. The molecule has 11 rings (SSSR count). The number of aryl methyl sites for hydroxylation is 2. The summed E-state index contributed by atoms with van der Waals surface area (Å²) >= 11 is 0. The number of amides is 2. The van der Waals surface area contributed by atoms with Gasteiger partial charge in [0.05, 0.1) is 72.7 Å². The third kappa shape index (κ3) is 9.50. The lowest BCUT2D eigenvalue weighted by molar-refractivity contribution is -0.115. The van der Waals surface area contributed by atoms with Crippen molar-refractivity contribution in [2.24, 2.45) is 0 Å². The van der Waals surface area contributed by atoms with Crippen molar-refractivity contribution in [1.29, 1.82) is 0 Å². The van der Waals surface area contributed by atoms with Crippen LogP contribution in [0.3, 0.4) is 0 Å². The van der Waals surface area contributed by atoms with Gasteiger partial charge in [-0.05, 0) is 94.2 Å². The van der Waals surface area contributed by atoms with E-state index < -0.39 is 11.9 Å². The number of likely N-dealkylation sites (N-methyl/N-ethyl adjacent to an activating group) is 2. The Kier molecular flexibility index (Phi) is 12.3. The van der Waals surface area contributed by atoms with E-state index in [0.717, 1.165) is 120 Å². The highest BCUT2D eigenvalue weighted by molar-refractivity contribution is 5.94. The Labute approximate surface area is 387 Å².